The Morgan fingerprint density at radius 3 is 2.44 bits per heavy atom. The van der Waals surface area contributed by atoms with E-state index in [0.29, 0.717) is 6.07 Å². The molecule has 3 N–H and O–H groups in total. The van der Waals surface area contributed by atoms with Gasteiger partial charge in [-0.3, -0.25) is 4.79 Å². The summed E-state index contributed by atoms with van der Waals surface area (Å²) in [7, 11) is -3.94. The first-order valence-electron chi connectivity index (χ1n) is 4.79. The summed E-state index contributed by atoms with van der Waals surface area (Å²) in [5.41, 5.74) is 4.80. The molecule has 0 saturated heterocycles. The molecule has 1 rings (SSSR count). The van der Waals surface area contributed by atoms with E-state index in [1.165, 1.54) is 0 Å². The van der Waals surface area contributed by atoms with E-state index in [1.54, 1.807) is 0 Å². The first kappa shape index (κ1) is 14.5. The Kier molecular flexibility index (Phi) is 4.02. The van der Waals surface area contributed by atoms with Gasteiger partial charge in [0, 0.05) is 12.7 Å². The van der Waals surface area contributed by atoms with Crippen LogP contribution in [0.1, 0.15) is 5.56 Å². The molecule has 18 heavy (non-hydrogen) atoms. The molecule has 0 bridgehead atoms. The summed E-state index contributed by atoms with van der Waals surface area (Å²) in [5, 5.41) is 8.57. The number of halogens is 2. The molecule has 8 heteroatoms. The van der Waals surface area contributed by atoms with Gasteiger partial charge in [0.1, 0.15) is 22.6 Å². The van der Waals surface area contributed by atoms with Gasteiger partial charge in [0.05, 0.1) is 0 Å². The van der Waals surface area contributed by atoms with Gasteiger partial charge >= 0.3 is 5.97 Å². The molecule has 0 radical (unpaired) electrons. The Labute approximate surface area is 102 Å². The maximum Gasteiger partial charge on any atom is 0.320 e. The van der Waals surface area contributed by atoms with E-state index in [9.17, 15) is 22.0 Å². The molecule has 0 amide bonds. The van der Waals surface area contributed by atoms with Crippen LogP contribution in [-0.4, -0.2) is 31.8 Å². The monoisotopic (exact) mass is 279 g/mol. The number of aliphatic carboxylic acids is 1. The van der Waals surface area contributed by atoms with Crippen LogP contribution in [0.25, 0.3) is 0 Å². The minimum atomic E-state index is -3.94. The van der Waals surface area contributed by atoms with Crippen LogP contribution in [0.5, 0.6) is 0 Å². The highest BCUT2D eigenvalue weighted by Crippen LogP contribution is 2.21. The zero-order valence-corrected chi connectivity index (χ0v) is 10.2. The number of rotatable bonds is 4. The van der Waals surface area contributed by atoms with Gasteiger partial charge in [-0.15, -0.1) is 0 Å². The van der Waals surface area contributed by atoms with Gasteiger partial charge in [0.2, 0.25) is 0 Å². The number of carboxylic acids is 1. The number of benzene rings is 1. The van der Waals surface area contributed by atoms with Crippen LogP contribution >= 0.6 is 0 Å². The lowest BCUT2D eigenvalue weighted by molar-refractivity contribution is -0.138. The largest absolute Gasteiger partial charge is 0.480 e. The number of carbonyl (C=O) groups is 1. The fourth-order valence-corrected chi connectivity index (χ4v) is 2.14. The molecule has 0 aliphatic carbocycles. The molecule has 1 unspecified atom stereocenters. The third-order valence-electron chi connectivity index (χ3n) is 2.24. The fourth-order valence-electron chi connectivity index (χ4n) is 1.36. The molecule has 0 aliphatic heterocycles. The highest BCUT2D eigenvalue weighted by Gasteiger charge is 2.22. The zero-order valence-electron chi connectivity index (χ0n) is 9.35. The van der Waals surface area contributed by atoms with Gasteiger partial charge in [-0.2, -0.15) is 0 Å². The summed E-state index contributed by atoms with van der Waals surface area (Å²) in [6.45, 7) is 0. The fraction of sp³-hybridized carbons (Fsp3) is 0.300. The highest BCUT2D eigenvalue weighted by molar-refractivity contribution is 7.90. The van der Waals surface area contributed by atoms with Crippen molar-refractivity contribution in [2.45, 2.75) is 17.4 Å². The molecular formula is C10H11F2NO4S. The Balaban J connectivity index is 3.30. The molecule has 1 aromatic rings. The number of hydrogen-bond donors (Lipinski definition) is 2. The van der Waals surface area contributed by atoms with E-state index < -0.39 is 44.8 Å². The van der Waals surface area contributed by atoms with Crippen LogP contribution in [0, 0.1) is 11.6 Å². The molecule has 100 valence electrons. The molecule has 0 heterocycles. The second-order valence-corrected chi connectivity index (χ2v) is 5.78. The van der Waals surface area contributed by atoms with Crippen LogP contribution in [0.15, 0.2) is 17.0 Å². The van der Waals surface area contributed by atoms with Gasteiger partial charge in [-0.05, 0) is 17.7 Å². The van der Waals surface area contributed by atoms with Crippen LogP contribution in [-0.2, 0) is 21.1 Å². The van der Waals surface area contributed by atoms with E-state index in [0.717, 1.165) is 12.3 Å². The van der Waals surface area contributed by atoms with Crippen molar-refractivity contribution in [3.8, 4) is 0 Å². The predicted molar refractivity (Wildman–Crippen MR) is 58.8 cm³/mol. The lowest BCUT2D eigenvalue weighted by atomic mass is 10.1. The Bertz CT molecular complexity index is 586. The van der Waals surface area contributed by atoms with Gasteiger partial charge in [0.15, 0.2) is 9.84 Å². The molecule has 0 aliphatic rings. The molecule has 5 nitrogen and oxygen atoms in total. The highest BCUT2D eigenvalue weighted by atomic mass is 32.2. The molecule has 1 atom stereocenters. The van der Waals surface area contributed by atoms with Gasteiger partial charge < -0.3 is 10.8 Å². The minimum Gasteiger partial charge on any atom is -0.480 e. The molecule has 0 saturated carbocycles. The van der Waals surface area contributed by atoms with Gasteiger partial charge in [0.25, 0.3) is 0 Å². The number of carboxylic acid groups (broad SMARTS) is 1. The second-order valence-electron chi connectivity index (χ2n) is 3.80. The first-order chi connectivity index (χ1) is 8.12. The smallest absolute Gasteiger partial charge is 0.320 e. The van der Waals surface area contributed by atoms with Gasteiger partial charge in [-0.1, -0.05) is 0 Å². The Hall–Kier alpha value is -1.54. The van der Waals surface area contributed by atoms with E-state index >= 15 is 0 Å². The maximum atomic E-state index is 13.8. The topological polar surface area (TPSA) is 97.5 Å². The number of sulfone groups is 1. The standard InChI is InChI=1S/C10H11F2NO4S/c1-18(16,17)8-4-6(11)2-5(9(8)12)3-7(13)10(14)15/h2,4,7H,3,13H2,1H3,(H,14,15). The molecule has 0 spiro atoms. The molecule has 0 fully saturated rings. The number of hydrogen-bond acceptors (Lipinski definition) is 4. The van der Waals surface area contributed by atoms with E-state index in [-0.39, 0.29) is 5.56 Å². The summed E-state index contributed by atoms with van der Waals surface area (Å²) in [4.78, 5) is 9.71. The zero-order chi connectivity index (χ0) is 14.1. The summed E-state index contributed by atoms with van der Waals surface area (Å²) < 4.78 is 49.4. The first-order valence-corrected chi connectivity index (χ1v) is 6.68. The quantitative estimate of drug-likeness (QED) is 0.827. The predicted octanol–water partition coefficient (Wildman–Crippen LogP) is 0.323. The summed E-state index contributed by atoms with van der Waals surface area (Å²) in [5.74, 6) is -3.53. The van der Waals surface area contributed by atoms with Crippen LogP contribution in [0.3, 0.4) is 0 Å². The third kappa shape index (κ3) is 3.23. The Morgan fingerprint density at radius 1 is 1.44 bits per heavy atom. The van der Waals surface area contributed by atoms with Crippen molar-refractivity contribution in [3.05, 3.63) is 29.3 Å². The summed E-state index contributed by atoms with van der Waals surface area (Å²) in [6, 6.07) is -0.165. The molecule has 0 aromatic heterocycles. The van der Waals surface area contributed by atoms with Gasteiger partial charge in [-0.25, -0.2) is 17.2 Å². The van der Waals surface area contributed by atoms with Crippen LogP contribution in [0.4, 0.5) is 8.78 Å². The van der Waals surface area contributed by atoms with Crippen LogP contribution < -0.4 is 5.73 Å². The van der Waals surface area contributed by atoms with Crippen molar-refractivity contribution < 1.29 is 27.1 Å². The minimum absolute atomic E-state index is 0.384. The summed E-state index contributed by atoms with van der Waals surface area (Å²) in [6.07, 6.45) is 0.229. The van der Waals surface area contributed by atoms with Crippen molar-refractivity contribution in [2.24, 2.45) is 5.73 Å². The second kappa shape index (κ2) is 4.99. The average molecular weight is 279 g/mol. The Morgan fingerprint density at radius 2 is 2.00 bits per heavy atom. The lowest BCUT2D eigenvalue weighted by Crippen LogP contribution is -2.32. The normalized spacial score (nSPS) is 13.3. The van der Waals surface area contributed by atoms with Crippen molar-refractivity contribution in [1.82, 2.24) is 0 Å². The van der Waals surface area contributed by atoms with Crippen molar-refractivity contribution >= 4 is 15.8 Å². The number of nitrogens with two attached hydrogens (primary N) is 1. The van der Waals surface area contributed by atoms with Crippen molar-refractivity contribution in [3.63, 3.8) is 0 Å². The summed E-state index contributed by atoms with van der Waals surface area (Å²) >= 11 is 0. The third-order valence-corrected chi connectivity index (χ3v) is 3.33. The van der Waals surface area contributed by atoms with Crippen molar-refractivity contribution in [2.75, 3.05) is 6.26 Å². The van der Waals surface area contributed by atoms with E-state index in [1.807, 2.05) is 0 Å². The molecule has 1 aromatic carbocycles. The SMILES string of the molecule is CS(=O)(=O)c1cc(F)cc(CC(N)C(=O)O)c1F. The van der Waals surface area contributed by atoms with E-state index in [4.69, 9.17) is 10.8 Å². The van der Waals surface area contributed by atoms with Crippen LogP contribution in [0.2, 0.25) is 0 Å². The van der Waals surface area contributed by atoms with E-state index in [2.05, 4.69) is 0 Å². The average Bonchev–Trinajstić information content (AvgIpc) is 2.21. The molecular weight excluding hydrogens is 268 g/mol. The maximum absolute atomic E-state index is 13.8. The van der Waals surface area contributed by atoms with Crippen molar-refractivity contribution in [1.29, 1.82) is 0 Å². The lowest BCUT2D eigenvalue weighted by Gasteiger charge is -2.10.